The molecule has 54 valence electrons. The van der Waals surface area contributed by atoms with Crippen LogP contribution in [0.5, 0.6) is 0 Å². The Morgan fingerprint density at radius 1 is 1.18 bits per heavy atom. The van der Waals surface area contributed by atoms with Crippen LogP contribution in [0.15, 0.2) is 18.2 Å². The Labute approximate surface area is 75.5 Å². The Morgan fingerprint density at radius 2 is 1.82 bits per heavy atom. The van der Waals surface area contributed by atoms with Crippen LogP contribution in [0, 0.1) is 28.7 Å². The summed E-state index contributed by atoms with van der Waals surface area (Å²) in [7, 11) is 0. The third kappa shape index (κ3) is 2.09. The summed E-state index contributed by atoms with van der Waals surface area (Å²) >= 11 is 0. The van der Waals surface area contributed by atoms with Gasteiger partial charge in [0.2, 0.25) is 0 Å². The van der Waals surface area contributed by atoms with Crippen LogP contribution in [0.3, 0.4) is 0 Å². The minimum absolute atomic E-state index is 0. The van der Waals surface area contributed by atoms with Gasteiger partial charge < -0.3 is 0 Å². The van der Waals surface area contributed by atoms with E-state index in [1.807, 2.05) is 12.1 Å². The van der Waals surface area contributed by atoms with Crippen molar-refractivity contribution in [1.82, 2.24) is 0 Å². The first-order chi connectivity index (χ1) is 4.88. The van der Waals surface area contributed by atoms with Crippen LogP contribution in [0.4, 0.5) is 0 Å². The third-order valence-corrected chi connectivity index (χ3v) is 1.10. The van der Waals surface area contributed by atoms with E-state index in [4.69, 9.17) is 10.5 Å². The van der Waals surface area contributed by atoms with Crippen molar-refractivity contribution >= 4 is 0 Å². The van der Waals surface area contributed by atoms with Gasteiger partial charge in [0.05, 0.1) is 6.07 Å². The molecular weight excluding hydrogens is 180 g/mol. The Morgan fingerprint density at radius 3 is 2.27 bits per heavy atom. The van der Waals surface area contributed by atoms with Crippen molar-refractivity contribution in [3.8, 4) is 12.1 Å². The van der Waals surface area contributed by atoms with Gasteiger partial charge in [0.15, 0.2) is 0 Å². The zero-order valence-corrected chi connectivity index (χ0v) is 6.58. The monoisotopic (exact) mass is 183 g/mol. The second kappa shape index (κ2) is 4.52. The summed E-state index contributed by atoms with van der Waals surface area (Å²) in [4.78, 5) is 0. The molecule has 0 N–H and O–H groups in total. The molecule has 0 aromatic heterocycles. The maximum Gasteiger partial charge on any atom is 0.0738 e. The van der Waals surface area contributed by atoms with Gasteiger partial charge in [-0.15, -0.1) is 0 Å². The molecule has 0 bridgehead atoms. The Hall–Kier alpha value is -1.28. The molecule has 3 heteroatoms. The SMILES string of the molecule is N#Cc1c[c-]ccc1C#N.[Fe]. The van der Waals surface area contributed by atoms with E-state index in [1.165, 1.54) is 6.07 Å². The van der Waals surface area contributed by atoms with Gasteiger partial charge in [-0.05, 0) is 11.1 Å². The van der Waals surface area contributed by atoms with Crippen molar-refractivity contribution in [3.05, 3.63) is 35.4 Å². The van der Waals surface area contributed by atoms with Gasteiger partial charge in [0.25, 0.3) is 0 Å². The van der Waals surface area contributed by atoms with E-state index >= 15 is 0 Å². The van der Waals surface area contributed by atoms with Gasteiger partial charge >= 0.3 is 0 Å². The Balaban J connectivity index is 0.000001000. The predicted octanol–water partition coefficient (Wildman–Crippen LogP) is 1.23. The standard InChI is InChI=1S/C8H3N2.Fe/c9-5-7-3-1-2-4-8(7)6-10;/h1,3-4H;/q-1;. The maximum absolute atomic E-state index is 8.43. The summed E-state index contributed by atoms with van der Waals surface area (Å²) in [5, 5.41) is 16.9. The molecule has 11 heavy (non-hydrogen) atoms. The van der Waals surface area contributed by atoms with Crippen molar-refractivity contribution in [2.45, 2.75) is 0 Å². The molecule has 0 aliphatic heterocycles. The first kappa shape index (κ1) is 9.72. The first-order valence-electron chi connectivity index (χ1n) is 2.69. The molecule has 1 aromatic carbocycles. The summed E-state index contributed by atoms with van der Waals surface area (Å²) < 4.78 is 0. The van der Waals surface area contributed by atoms with Crippen LogP contribution in [-0.2, 0) is 17.1 Å². The van der Waals surface area contributed by atoms with E-state index in [1.54, 1.807) is 12.1 Å². The summed E-state index contributed by atoms with van der Waals surface area (Å²) in [6.45, 7) is 0. The zero-order chi connectivity index (χ0) is 7.40. The molecular formula is C8H3FeN2-. The molecule has 0 saturated heterocycles. The van der Waals surface area contributed by atoms with E-state index in [9.17, 15) is 0 Å². The summed E-state index contributed by atoms with van der Waals surface area (Å²) in [6.07, 6.45) is 0. The number of benzene rings is 1. The molecule has 0 saturated carbocycles. The molecule has 0 aliphatic rings. The van der Waals surface area contributed by atoms with Crippen LogP contribution >= 0.6 is 0 Å². The normalized spacial score (nSPS) is 7.09. The summed E-state index contributed by atoms with van der Waals surface area (Å²) in [6, 6.07) is 11.2. The van der Waals surface area contributed by atoms with Crippen LogP contribution in [0.1, 0.15) is 11.1 Å². The molecule has 0 amide bonds. The van der Waals surface area contributed by atoms with Crippen molar-refractivity contribution < 1.29 is 17.1 Å². The molecule has 0 aliphatic carbocycles. The van der Waals surface area contributed by atoms with Gasteiger partial charge in [-0.2, -0.15) is 29.5 Å². The topological polar surface area (TPSA) is 47.6 Å². The minimum Gasteiger partial charge on any atom is -0.208 e. The predicted molar refractivity (Wildman–Crippen MR) is 34.7 cm³/mol. The molecule has 1 aromatic rings. The van der Waals surface area contributed by atoms with Gasteiger partial charge in [0.1, 0.15) is 0 Å². The van der Waals surface area contributed by atoms with Crippen LogP contribution < -0.4 is 0 Å². The van der Waals surface area contributed by atoms with Gasteiger partial charge in [-0.1, -0.05) is 0 Å². The smallest absolute Gasteiger partial charge is 0.0738 e. The van der Waals surface area contributed by atoms with Crippen LogP contribution in [0.2, 0.25) is 0 Å². The summed E-state index contributed by atoms with van der Waals surface area (Å²) in [5.74, 6) is 0. The van der Waals surface area contributed by atoms with Gasteiger partial charge in [0, 0.05) is 23.1 Å². The second-order valence-corrected chi connectivity index (χ2v) is 1.70. The van der Waals surface area contributed by atoms with Gasteiger partial charge in [-0.3, -0.25) is 0 Å². The molecule has 0 unspecified atom stereocenters. The molecule has 2 nitrogen and oxygen atoms in total. The van der Waals surface area contributed by atoms with Crippen LogP contribution in [-0.4, -0.2) is 0 Å². The van der Waals surface area contributed by atoms with Crippen LogP contribution in [0.25, 0.3) is 0 Å². The molecule has 0 atom stereocenters. The van der Waals surface area contributed by atoms with E-state index in [-0.39, 0.29) is 17.1 Å². The zero-order valence-electron chi connectivity index (χ0n) is 5.48. The number of hydrogen-bond acceptors (Lipinski definition) is 2. The van der Waals surface area contributed by atoms with Gasteiger partial charge in [-0.25, -0.2) is 5.26 Å². The molecule has 0 radical (unpaired) electrons. The largest absolute Gasteiger partial charge is 0.208 e. The second-order valence-electron chi connectivity index (χ2n) is 1.70. The number of nitrogens with zero attached hydrogens (tertiary/aromatic N) is 2. The fourth-order valence-corrected chi connectivity index (χ4v) is 0.620. The molecule has 0 spiro atoms. The van der Waals surface area contributed by atoms with Crippen molar-refractivity contribution in [3.63, 3.8) is 0 Å². The van der Waals surface area contributed by atoms with Crippen molar-refractivity contribution in [2.24, 2.45) is 0 Å². The van der Waals surface area contributed by atoms with E-state index in [0.717, 1.165) is 0 Å². The van der Waals surface area contributed by atoms with E-state index in [0.29, 0.717) is 11.1 Å². The number of rotatable bonds is 0. The Bertz CT molecular complexity index is 287. The minimum atomic E-state index is 0. The fraction of sp³-hybridized carbons (Fsp3) is 0. The molecule has 0 fully saturated rings. The van der Waals surface area contributed by atoms with E-state index in [2.05, 4.69) is 6.07 Å². The average Bonchev–Trinajstić information content (AvgIpc) is 2.04. The summed E-state index contributed by atoms with van der Waals surface area (Å²) in [5.41, 5.74) is 0.784. The molecule has 1 rings (SSSR count). The average molecular weight is 183 g/mol. The van der Waals surface area contributed by atoms with E-state index < -0.39 is 0 Å². The maximum atomic E-state index is 8.43. The number of hydrogen-bond donors (Lipinski definition) is 0. The fourth-order valence-electron chi connectivity index (χ4n) is 0.620. The number of nitriles is 2. The van der Waals surface area contributed by atoms with Crippen molar-refractivity contribution in [1.29, 1.82) is 10.5 Å². The third-order valence-electron chi connectivity index (χ3n) is 1.10. The Kier molecular flexibility index (Phi) is 4.00. The first-order valence-corrected chi connectivity index (χ1v) is 2.69. The quantitative estimate of drug-likeness (QED) is 0.448. The van der Waals surface area contributed by atoms with Crippen molar-refractivity contribution in [2.75, 3.05) is 0 Å². The molecule has 0 heterocycles.